The van der Waals surface area contributed by atoms with Gasteiger partial charge in [0.1, 0.15) is 5.52 Å². The van der Waals surface area contributed by atoms with E-state index in [1.165, 1.54) is 0 Å². The Labute approximate surface area is 145 Å². The van der Waals surface area contributed by atoms with E-state index >= 15 is 0 Å². The Kier molecular flexibility index (Phi) is 3.65. The van der Waals surface area contributed by atoms with Gasteiger partial charge in [0.2, 0.25) is 0 Å². The highest BCUT2D eigenvalue weighted by Crippen LogP contribution is 2.18. The fourth-order valence-corrected chi connectivity index (χ4v) is 3.75. The number of benzene rings is 1. The van der Waals surface area contributed by atoms with Gasteiger partial charge in [-0.2, -0.15) is 0 Å². The van der Waals surface area contributed by atoms with Crippen LogP contribution in [0.15, 0.2) is 59.5 Å². The van der Waals surface area contributed by atoms with Gasteiger partial charge in [-0.05, 0) is 28.2 Å². The highest BCUT2D eigenvalue weighted by molar-refractivity contribution is 9.10. The van der Waals surface area contributed by atoms with E-state index in [2.05, 4.69) is 20.9 Å². The number of nitrogens with two attached hydrogens (primary N) is 1. The summed E-state index contributed by atoms with van der Waals surface area (Å²) >= 11 is 5.02. The standard InChI is InChI=1S/C17H12BrN3OS/c18-13-4-3-11-5-7-21(15(11)8-13)17(22)14-10-23-16(20-14)12-2-1-6-19-9-12/h1-10H,20H2. The molecule has 0 saturated heterocycles. The summed E-state index contributed by atoms with van der Waals surface area (Å²) in [5.74, 6) is -0.0236. The molecule has 114 valence electrons. The first-order valence-electron chi connectivity index (χ1n) is 7.02. The number of aromatic nitrogens is 2. The normalized spacial score (nSPS) is 14.0. The van der Waals surface area contributed by atoms with Crippen LogP contribution in [0.5, 0.6) is 0 Å². The van der Waals surface area contributed by atoms with Gasteiger partial charge in [0.15, 0.2) is 11.4 Å². The van der Waals surface area contributed by atoms with Gasteiger partial charge in [-0.25, -0.2) is 4.57 Å². The lowest BCUT2D eigenvalue weighted by Gasteiger charge is -2.16. The van der Waals surface area contributed by atoms with E-state index in [0.717, 1.165) is 26.3 Å². The molecule has 6 heteroatoms. The maximum absolute atomic E-state index is 12.8. The zero-order valence-corrected chi connectivity index (χ0v) is 14.3. The number of nitrogens with zero attached hydrogens (tertiary/aromatic N) is 2. The molecule has 4 rings (SSSR count). The molecular formula is C17H12BrN3OS. The van der Waals surface area contributed by atoms with Crippen molar-refractivity contribution in [3.8, 4) is 0 Å². The molecule has 0 fully saturated rings. The lowest BCUT2D eigenvalue weighted by Crippen LogP contribution is -2.88. The number of carbonyl (C=O) groups is 1. The molecule has 3 heterocycles. The molecule has 4 nitrogen and oxygen atoms in total. The first-order chi connectivity index (χ1) is 11.2. The van der Waals surface area contributed by atoms with Crippen LogP contribution < -0.4 is 9.88 Å². The van der Waals surface area contributed by atoms with Crippen molar-refractivity contribution in [3.63, 3.8) is 0 Å². The number of quaternary nitrogens is 1. The average Bonchev–Trinajstić information content (AvgIpc) is 3.22. The van der Waals surface area contributed by atoms with Gasteiger partial charge < -0.3 is 10.3 Å². The predicted octanol–water partition coefficient (Wildman–Crippen LogP) is 1.18. The zero-order chi connectivity index (χ0) is 15.8. The Bertz CT molecular complexity index is 907. The van der Waals surface area contributed by atoms with Crippen molar-refractivity contribution in [3.05, 3.63) is 76.4 Å². The first-order valence-corrected chi connectivity index (χ1v) is 8.70. The third-order valence-corrected chi connectivity index (χ3v) is 5.14. The van der Waals surface area contributed by atoms with Gasteiger partial charge >= 0.3 is 0 Å². The zero-order valence-electron chi connectivity index (χ0n) is 11.9. The fraction of sp³-hybridized carbons (Fsp3) is 0. The minimum Gasteiger partial charge on any atom is -0.413 e. The highest BCUT2D eigenvalue weighted by Gasteiger charge is 2.29. The molecule has 0 bridgehead atoms. The summed E-state index contributed by atoms with van der Waals surface area (Å²) in [6.07, 6.45) is 5.37. The van der Waals surface area contributed by atoms with Gasteiger partial charge in [-0.1, -0.05) is 39.8 Å². The van der Waals surface area contributed by atoms with Crippen LogP contribution in [-0.4, -0.2) is 16.3 Å². The molecular weight excluding hydrogens is 374 g/mol. The highest BCUT2D eigenvalue weighted by atomic mass is 79.9. The third-order valence-electron chi connectivity index (χ3n) is 3.67. The van der Waals surface area contributed by atoms with Crippen LogP contribution in [-0.2, 0) is 11.4 Å². The van der Waals surface area contributed by atoms with Crippen LogP contribution in [0.25, 0.3) is 10.9 Å². The van der Waals surface area contributed by atoms with Gasteiger partial charge in [0.05, 0.1) is 11.6 Å². The van der Waals surface area contributed by atoms with E-state index in [4.69, 9.17) is 0 Å². The lowest BCUT2D eigenvalue weighted by molar-refractivity contribution is -0.612. The van der Waals surface area contributed by atoms with Crippen molar-refractivity contribution < 1.29 is 14.7 Å². The molecule has 23 heavy (non-hydrogen) atoms. The molecule has 1 aliphatic heterocycles. The van der Waals surface area contributed by atoms with Gasteiger partial charge in [0.25, 0.3) is 11.3 Å². The minimum atomic E-state index is -0.0236. The number of pyridine rings is 1. The Balaban J connectivity index is 1.60. The summed E-state index contributed by atoms with van der Waals surface area (Å²) in [6.45, 7) is 0. The van der Waals surface area contributed by atoms with Crippen molar-refractivity contribution in [2.75, 3.05) is 0 Å². The van der Waals surface area contributed by atoms with Gasteiger partial charge in [-0.3, -0.25) is 4.79 Å². The Morgan fingerprint density at radius 1 is 1.30 bits per heavy atom. The predicted molar refractivity (Wildman–Crippen MR) is 93.2 cm³/mol. The largest absolute Gasteiger partial charge is 0.413 e. The molecule has 1 aliphatic rings. The maximum Gasteiger partial charge on any atom is 0.267 e. The number of hydrogen-bond acceptors (Lipinski definition) is 2. The molecule has 0 aliphatic carbocycles. The summed E-state index contributed by atoms with van der Waals surface area (Å²) in [7, 11) is 0. The molecule has 0 saturated carbocycles. The topological polar surface area (TPSA) is 50.5 Å². The van der Waals surface area contributed by atoms with Crippen molar-refractivity contribution in [1.82, 2.24) is 4.98 Å². The molecule has 3 aromatic rings. The molecule has 0 amide bonds. The molecule has 0 atom stereocenters. The minimum absolute atomic E-state index is 0.0236. The van der Waals surface area contributed by atoms with Crippen LogP contribution in [0.1, 0.15) is 10.4 Å². The number of rotatable bonds is 2. The summed E-state index contributed by atoms with van der Waals surface area (Å²) in [5, 5.41) is 5.91. The van der Waals surface area contributed by atoms with Gasteiger partial charge in [-0.15, -0.1) is 18.2 Å². The maximum atomic E-state index is 12.8. The van der Waals surface area contributed by atoms with E-state index in [1.54, 1.807) is 22.1 Å². The molecule has 2 N–H and O–H groups in total. The summed E-state index contributed by atoms with van der Waals surface area (Å²) in [4.78, 5) is 16.9. The smallest absolute Gasteiger partial charge is 0.267 e. The fourth-order valence-electron chi connectivity index (χ4n) is 2.53. The SMILES string of the molecule is O=C([C-]1C=[S+][C-](c2cccnc2)[NH2+]1)[n+]1ccc2ccc(Br)c[c-]21. The summed E-state index contributed by atoms with van der Waals surface area (Å²) in [5.41, 5.74) is 1.93. The number of fused-ring (bicyclic) bond motifs is 1. The quantitative estimate of drug-likeness (QED) is 0.311. The molecule has 0 unspecified atom stereocenters. The second-order valence-corrected chi connectivity index (χ2v) is 6.96. The Morgan fingerprint density at radius 3 is 3.04 bits per heavy atom. The van der Waals surface area contributed by atoms with Crippen LogP contribution in [0.4, 0.5) is 0 Å². The van der Waals surface area contributed by atoms with Crippen LogP contribution in [0.2, 0.25) is 0 Å². The molecule has 2 aromatic heterocycles. The van der Waals surface area contributed by atoms with E-state index in [-0.39, 0.29) is 5.91 Å². The van der Waals surface area contributed by atoms with E-state index in [1.807, 2.05) is 59.5 Å². The molecule has 0 radical (unpaired) electrons. The number of hydrogen-bond donors (Lipinski definition) is 1. The Morgan fingerprint density at radius 2 is 2.22 bits per heavy atom. The average molecular weight is 386 g/mol. The van der Waals surface area contributed by atoms with E-state index in [9.17, 15) is 4.79 Å². The Hall–Kier alpha value is -2.15. The van der Waals surface area contributed by atoms with E-state index < -0.39 is 0 Å². The third kappa shape index (κ3) is 2.65. The van der Waals surface area contributed by atoms with Gasteiger partial charge in [0, 0.05) is 0 Å². The monoisotopic (exact) mass is 385 g/mol. The molecule has 1 aromatic carbocycles. The van der Waals surface area contributed by atoms with Crippen molar-refractivity contribution in [2.45, 2.75) is 0 Å². The van der Waals surface area contributed by atoms with Crippen molar-refractivity contribution in [2.24, 2.45) is 0 Å². The van der Waals surface area contributed by atoms with Crippen LogP contribution in [0, 0.1) is 11.4 Å². The molecule has 0 spiro atoms. The second kappa shape index (κ2) is 5.81. The number of carbonyl (C=O) groups excluding carboxylic acids is 1. The van der Waals surface area contributed by atoms with Crippen LogP contribution in [0.3, 0.4) is 0 Å². The summed E-state index contributed by atoms with van der Waals surface area (Å²) in [6, 6.07) is 12.5. The van der Waals surface area contributed by atoms with E-state index in [0.29, 0.717) is 6.04 Å². The van der Waals surface area contributed by atoms with Crippen molar-refractivity contribution in [1.29, 1.82) is 0 Å². The first kappa shape index (κ1) is 14.4. The number of halogens is 1. The van der Waals surface area contributed by atoms with Crippen molar-refractivity contribution >= 4 is 49.5 Å². The second-order valence-electron chi connectivity index (χ2n) is 5.14. The van der Waals surface area contributed by atoms with Crippen LogP contribution >= 0.6 is 15.9 Å². The lowest BCUT2D eigenvalue weighted by atomic mass is 10.2. The summed E-state index contributed by atoms with van der Waals surface area (Å²) < 4.78 is 2.65.